The molecule has 1 aliphatic heterocycles. The number of hydrogen-bond acceptors (Lipinski definition) is 3. The largest absolute Gasteiger partial charge is 0.396 e. The average molecular weight is 174 g/mol. The molecule has 0 aromatic carbocycles. The molecule has 1 rings (SSSR count). The predicted molar refractivity (Wildman–Crippen MR) is 45.8 cm³/mol. The molecular weight excluding hydrogens is 156 g/mol. The molecule has 3 heteroatoms. The van der Waals surface area contributed by atoms with Gasteiger partial charge >= 0.3 is 0 Å². The van der Waals surface area contributed by atoms with Gasteiger partial charge in [0.2, 0.25) is 0 Å². The molecule has 0 aromatic rings. The van der Waals surface area contributed by atoms with Crippen LogP contribution in [0.3, 0.4) is 0 Å². The Morgan fingerprint density at radius 3 is 2.83 bits per heavy atom. The molecule has 0 bridgehead atoms. The summed E-state index contributed by atoms with van der Waals surface area (Å²) in [7, 11) is 0. The van der Waals surface area contributed by atoms with Gasteiger partial charge in [-0.15, -0.1) is 0 Å². The van der Waals surface area contributed by atoms with E-state index in [0.717, 1.165) is 12.8 Å². The van der Waals surface area contributed by atoms with Gasteiger partial charge in [-0.05, 0) is 18.8 Å². The van der Waals surface area contributed by atoms with Crippen molar-refractivity contribution in [3.05, 3.63) is 0 Å². The molecule has 0 spiro atoms. The molecule has 3 nitrogen and oxygen atoms in total. The van der Waals surface area contributed by atoms with Crippen LogP contribution in [0.1, 0.15) is 26.2 Å². The topological polar surface area (TPSA) is 49.7 Å². The fourth-order valence-electron chi connectivity index (χ4n) is 1.72. The predicted octanol–water partition coefficient (Wildman–Crippen LogP) is 0.545. The first-order valence-corrected chi connectivity index (χ1v) is 4.68. The van der Waals surface area contributed by atoms with Crippen molar-refractivity contribution < 1.29 is 14.9 Å². The fraction of sp³-hybridized carbons (Fsp3) is 1.00. The highest BCUT2D eigenvalue weighted by Gasteiger charge is 2.27. The van der Waals surface area contributed by atoms with Crippen molar-refractivity contribution in [1.82, 2.24) is 0 Å². The second kappa shape index (κ2) is 4.80. The maximum absolute atomic E-state index is 9.47. The van der Waals surface area contributed by atoms with Crippen LogP contribution in [0, 0.1) is 5.92 Å². The Morgan fingerprint density at radius 2 is 2.25 bits per heavy atom. The van der Waals surface area contributed by atoms with Crippen LogP contribution in [-0.4, -0.2) is 35.6 Å². The molecule has 1 unspecified atom stereocenters. The first-order valence-electron chi connectivity index (χ1n) is 4.68. The van der Waals surface area contributed by atoms with Gasteiger partial charge in [-0.2, -0.15) is 0 Å². The second-order valence-corrected chi connectivity index (χ2v) is 3.44. The SMILES string of the molecule is CC[C@H]1CC(CCO)OC[C@@H]1O. The van der Waals surface area contributed by atoms with Crippen LogP contribution in [0.15, 0.2) is 0 Å². The Bertz CT molecular complexity index is 127. The fourth-order valence-corrected chi connectivity index (χ4v) is 1.72. The molecule has 12 heavy (non-hydrogen) atoms. The molecule has 0 aromatic heterocycles. The Morgan fingerprint density at radius 1 is 1.50 bits per heavy atom. The van der Waals surface area contributed by atoms with Gasteiger partial charge in [0, 0.05) is 6.61 Å². The van der Waals surface area contributed by atoms with E-state index in [4.69, 9.17) is 9.84 Å². The van der Waals surface area contributed by atoms with E-state index in [9.17, 15) is 5.11 Å². The minimum atomic E-state index is -0.301. The van der Waals surface area contributed by atoms with Gasteiger partial charge < -0.3 is 14.9 Å². The number of aliphatic hydroxyl groups is 2. The Kier molecular flexibility index (Phi) is 3.98. The van der Waals surface area contributed by atoms with E-state index in [1.54, 1.807) is 0 Å². The van der Waals surface area contributed by atoms with Crippen molar-refractivity contribution in [1.29, 1.82) is 0 Å². The van der Waals surface area contributed by atoms with Crippen LogP contribution < -0.4 is 0 Å². The van der Waals surface area contributed by atoms with Gasteiger partial charge in [0.1, 0.15) is 0 Å². The molecule has 0 amide bonds. The lowest BCUT2D eigenvalue weighted by Crippen LogP contribution is -2.37. The van der Waals surface area contributed by atoms with E-state index in [2.05, 4.69) is 6.92 Å². The highest BCUT2D eigenvalue weighted by Crippen LogP contribution is 2.24. The molecule has 72 valence electrons. The lowest BCUT2D eigenvalue weighted by molar-refractivity contribution is -0.0942. The zero-order valence-corrected chi connectivity index (χ0v) is 7.57. The van der Waals surface area contributed by atoms with Gasteiger partial charge in [0.15, 0.2) is 0 Å². The number of aliphatic hydroxyl groups excluding tert-OH is 2. The third kappa shape index (κ3) is 2.44. The molecule has 1 saturated heterocycles. The number of rotatable bonds is 3. The van der Waals surface area contributed by atoms with Crippen molar-refractivity contribution in [2.75, 3.05) is 13.2 Å². The molecule has 0 radical (unpaired) electrons. The average Bonchev–Trinajstić information content (AvgIpc) is 2.09. The van der Waals surface area contributed by atoms with Crippen LogP contribution in [0.25, 0.3) is 0 Å². The molecule has 3 atom stereocenters. The van der Waals surface area contributed by atoms with E-state index in [1.165, 1.54) is 0 Å². The molecule has 1 fully saturated rings. The van der Waals surface area contributed by atoms with Crippen LogP contribution in [0.5, 0.6) is 0 Å². The summed E-state index contributed by atoms with van der Waals surface area (Å²) in [6.45, 7) is 2.69. The normalized spacial score (nSPS) is 36.8. The summed E-state index contributed by atoms with van der Waals surface area (Å²) in [6.07, 6.45) is 2.43. The summed E-state index contributed by atoms with van der Waals surface area (Å²) < 4.78 is 5.35. The first kappa shape index (κ1) is 9.96. The minimum Gasteiger partial charge on any atom is -0.396 e. The van der Waals surface area contributed by atoms with E-state index in [1.807, 2.05) is 0 Å². The van der Waals surface area contributed by atoms with Gasteiger partial charge in [-0.3, -0.25) is 0 Å². The van der Waals surface area contributed by atoms with Crippen molar-refractivity contribution >= 4 is 0 Å². The second-order valence-electron chi connectivity index (χ2n) is 3.44. The highest BCUT2D eigenvalue weighted by atomic mass is 16.5. The summed E-state index contributed by atoms with van der Waals surface area (Å²) in [5.74, 6) is 0.357. The standard InChI is InChI=1S/C9H18O3/c1-2-7-5-8(3-4-10)12-6-9(7)11/h7-11H,2-6H2,1H3/t7-,8?,9-/m0/s1. The third-order valence-corrected chi connectivity index (χ3v) is 2.59. The van der Waals surface area contributed by atoms with Crippen molar-refractivity contribution in [3.8, 4) is 0 Å². The molecule has 1 aliphatic rings. The van der Waals surface area contributed by atoms with Crippen LogP contribution in [0.4, 0.5) is 0 Å². The summed E-state index contributed by atoms with van der Waals surface area (Å²) in [5.41, 5.74) is 0. The van der Waals surface area contributed by atoms with Gasteiger partial charge in [-0.1, -0.05) is 13.3 Å². The van der Waals surface area contributed by atoms with Crippen molar-refractivity contribution in [3.63, 3.8) is 0 Å². The van der Waals surface area contributed by atoms with Gasteiger partial charge in [0.05, 0.1) is 18.8 Å². The summed E-state index contributed by atoms with van der Waals surface area (Å²) >= 11 is 0. The minimum absolute atomic E-state index is 0.156. The van der Waals surface area contributed by atoms with Crippen LogP contribution in [-0.2, 0) is 4.74 Å². The summed E-state index contributed by atoms with van der Waals surface area (Å²) in [5, 5.41) is 18.2. The summed E-state index contributed by atoms with van der Waals surface area (Å²) in [4.78, 5) is 0. The highest BCUT2D eigenvalue weighted by molar-refractivity contribution is 4.77. The maximum atomic E-state index is 9.47. The molecule has 1 heterocycles. The molecule has 0 aliphatic carbocycles. The van der Waals surface area contributed by atoms with Crippen molar-refractivity contribution in [2.45, 2.75) is 38.4 Å². The van der Waals surface area contributed by atoms with Crippen LogP contribution >= 0.6 is 0 Å². The van der Waals surface area contributed by atoms with E-state index >= 15 is 0 Å². The number of ether oxygens (including phenoxy) is 1. The van der Waals surface area contributed by atoms with Gasteiger partial charge in [-0.25, -0.2) is 0 Å². The maximum Gasteiger partial charge on any atom is 0.0802 e. The Balaban J connectivity index is 2.33. The Labute approximate surface area is 73.4 Å². The quantitative estimate of drug-likeness (QED) is 0.656. The van der Waals surface area contributed by atoms with Gasteiger partial charge in [0.25, 0.3) is 0 Å². The molecule has 2 N–H and O–H groups in total. The third-order valence-electron chi connectivity index (χ3n) is 2.59. The van der Waals surface area contributed by atoms with E-state index < -0.39 is 0 Å². The lowest BCUT2D eigenvalue weighted by atomic mass is 9.90. The summed E-state index contributed by atoms with van der Waals surface area (Å²) in [6, 6.07) is 0. The van der Waals surface area contributed by atoms with Crippen LogP contribution in [0.2, 0.25) is 0 Å². The Hall–Kier alpha value is -0.120. The monoisotopic (exact) mass is 174 g/mol. The first-order chi connectivity index (χ1) is 5.77. The van der Waals surface area contributed by atoms with E-state index in [-0.39, 0.29) is 18.8 Å². The zero-order valence-electron chi connectivity index (χ0n) is 7.57. The lowest BCUT2D eigenvalue weighted by Gasteiger charge is -2.32. The molecular formula is C9H18O3. The van der Waals surface area contributed by atoms with E-state index in [0.29, 0.717) is 18.9 Å². The zero-order chi connectivity index (χ0) is 8.97. The molecule has 0 saturated carbocycles. The number of hydrogen-bond donors (Lipinski definition) is 2. The smallest absolute Gasteiger partial charge is 0.0802 e. The van der Waals surface area contributed by atoms with Crippen molar-refractivity contribution in [2.24, 2.45) is 5.92 Å².